The predicted molar refractivity (Wildman–Crippen MR) is 49.4 cm³/mol. The van der Waals surface area contributed by atoms with Gasteiger partial charge in [0.25, 0.3) is 0 Å². The van der Waals surface area contributed by atoms with Crippen molar-refractivity contribution in [3.63, 3.8) is 0 Å². The maximum atomic E-state index is 12.6. The van der Waals surface area contributed by atoms with E-state index in [1.165, 1.54) is 12.1 Å². The van der Waals surface area contributed by atoms with E-state index >= 15 is 0 Å². The maximum absolute atomic E-state index is 12.6. The van der Waals surface area contributed by atoms with E-state index in [-0.39, 0.29) is 5.82 Å². The summed E-state index contributed by atoms with van der Waals surface area (Å²) >= 11 is 11.3. The molecule has 0 atom stereocenters. The molecule has 0 spiro atoms. The summed E-state index contributed by atoms with van der Waals surface area (Å²) in [5.74, 6) is -0.292. The minimum Gasteiger partial charge on any atom is -0.207 e. The van der Waals surface area contributed by atoms with Crippen molar-refractivity contribution >= 4 is 34.4 Å². The Hall–Kier alpha value is 0.160. The zero-order valence-corrected chi connectivity index (χ0v) is 8.22. The maximum Gasteiger partial charge on any atom is 0.123 e. The SMILES string of the molecule is Cc1ccc(F)cc1P(Cl)Cl. The molecular formula is C7H6Cl2FP. The van der Waals surface area contributed by atoms with Gasteiger partial charge >= 0.3 is 0 Å². The molecule has 0 heterocycles. The molecule has 0 saturated carbocycles. The van der Waals surface area contributed by atoms with Crippen LogP contribution in [0.3, 0.4) is 0 Å². The number of hydrogen-bond acceptors (Lipinski definition) is 0. The van der Waals surface area contributed by atoms with E-state index in [0.717, 1.165) is 5.56 Å². The number of hydrogen-bond donors (Lipinski definition) is 0. The van der Waals surface area contributed by atoms with Crippen LogP contribution in [0.2, 0.25) is 0 Å². The summed E-state index contributed by atoms with van der Waals surface area (Å²) in [6.07, 6.45) is 0. The van der Waals surface area contributed by atoms with Crippen molar-refractivity contribution in [1.29, 1.82) is 0 Å². The monoisotopic (exact) mass is 210 g/mol. The zero-order chi connectivity index (χ0) is 8.43. The van der Waals surface area contributed by atoms with Crippen LogP contribution in [0.4, 0.5) is 4.39 Å². The van der Waals surface area contributed by atoms with Crippen molar-refractivity contribution in [2.45, 2.75) is 6.92 Å². The molecule has 0 aliphatic carbocycles. The van der Waals surface area contributed by atoms with E-state index in [9.17, 15) is 4.39 Å². The van der Waals surface area contributed by atoms with Crippen LogP contribution in [-0.2, 0) is 0 Å². The molecule has 0 saturated heterocycles. The van der Waals surface area contributed by atoms with Crippen LogP contribution in [-0.4, -0.2) is 0 Å². The standard InChI is InChI=1S/C7H6Cl2FP/c1-5-2-3-6(10)4-7(5)11(8)9/h2-4H,1H3. The summed E-state index contributed by atoms with van der Waals surface area (Å²) in [6.45, 7) is 0.628. The highest BCUT2D eigenvalue weighted by atomic mass is 35.9. The average Bonchev–Trinajstić information content (AvgIpc) is 1.94. The fraction of sp³-hybridized carbons (Fsp3) is 0.143. The summed E-state index contributed by atoms with van der Waals surface area (Å²) in [5, 5.41) is 0.698. The minimum absolute atomic E-state index is 0.292. The van der Waals surface area contributed by atoms with Gasteiger partial charge < -0.3 is 0 Å². The molecule has 0 bridgehead atoms. The topological polar surface area (TPSA) is 0 Å². The molecule has 1 aromatic carbocycles. The predicted octanol–water partition coefficient (Wildman–Crippen LogP) is 3.55. The Kier molecular flexibility index (Phi) is 3.12. The van der Waals surface area contributed by atoms with Gasteiger partial charge in [-0.1, -0.05) is 28.5 Å². The number of benzene rings is 1. The molecule has 0 unspecified atom stereocenters. The first kappa shape index (κ1) is 9.25. The lowest BCUT2D eigenvalue weighted by atomic mass is 10.2. The first-order valence-corrected chi connectivity index (χ1v) is 6.14. The Morgan fingerprint density at radius 3 is 2.45 bits per heavy atom. The van der Waals surface area contributed by atoms with Gasteiger partial charge in [0.15, 0.2) is 0 Å². The molecule has 0 N–H and O–H groups in total. The fourth-order valence-corrected chi connectivity index (χ4v) is 2.42. The van der Waals surface area contributed by atoms with Crippen molar-refractivity contribution in [3.05, 3.63) is 29.6 Å². The Morgan fingerprint density at radius 2 is 2.00 bits per heavy atom. The van der Waals surface area contributed by atoms with Gasteiger partial charge in [-0.3, -0.25) is 0 Å². The molecule has 0 nitrogen and oxygen atoms in total. The molecule has 11 heavy (non-hydrogen) atoms. The molecule has 4 heteroatoms. The van der Waals surface area contributed by atoms with E-state index < -0.39 is 6.63 Å². The molecule has 0 aliphatic heterocycles. The van der Waals surface area contributed by atoms with Crippen molar-refractivity contribution in [3.8, 4) is 0 Å². The molecule has 0 fully saturated rings. The van der Waals surface area contributed by atoms with Crippen LogP contribution in [0, 0.1) is 12.7 Å². The highest BCUT2D eigenvalue weighted by Crippen LogP contribution is 2.46. The first-order chi connectivity index (χ1) is 5.11. The van der Waals surface area contributed by atoms with Crippen LogP contribution in [0.15, 0.2) is 18.2 Å². The van der Waals surface area contributed by atoms with Crippen LogP contribution in [0.1, 0.15) is 5.56 Å². The van der Waals surface area contributed by atoms with Crippen LogP contribution in [0.25, 0.3) is 0 Å². The van der Waals surface area contributed by atoms with Crippen molar-refractivity contribution < 1.29 is 4.39 Å². The van der Waals surface area contributed by atoms with Gasteiger partial charge in [-0.15, -0.1) is 0 Å². The quantitative estimate of drug-likeness (QED) is 0.623. The Labute approximate surface area is 75.7 Å². The smallest absolute Gasteiger partial charge is 0.123 e. The number of rotatable bonds is 1. The molecule has 0 amide bonds. The molecule has 60 valence electrons. The Bertz CT molecular complexity index is 263. The van der Waals surface area contributed by atoms with Gasteiger partial charge in [-0.2, -0.15) is 0 Å². The molecule has 0 aromatic heterocycles. The van der Waals surface area contributed by atoms with Gasteiger partial charge in [0.2, 0.25) is 0 Å². The van der Waals surface area contributed by atoms with Crippen molar-refractivity contribution in [1.82, 2.24) is 0 Å². The zero-order valence-electron chi connectivity index (χ0n) is 5.81. The highest BCUT2D eigenvalue weighted by molar-refractivity contribution is 8.08. The van der Waals surface area contributed by atoms with Gasteiger partial charge in [0, 0.05) is 5.30 Å². The molecule has 0 aliphatic rings. The molecule has 1 rings (SSSR count). The minimum atomic E-state index is -1.23. The van der Waals surface area contributed by atoms with Gasteiger partial charge in [-0.05, 0) is 24.6 Å². The third-order valence-corrected chi connectivity index (χ3v) is 3.29. The Morgan fingerprint density at radius 1 is 1.36 bits per heavy atom. The van der Waals surface area contributed by atoms with Gasteiger partial charge in [0.05, 0.1) is 0 Å². The average molecular weight is 211 g/mol. The molecule has 1 aromatic rings. The Balaban J connectivity index is 3.13. The van der Waals surface area contributed by atoms with E-state index in [1.54, 1.807) is 6.07 Å². The highest BCUT2D eigenvalue weighted by Gasteiger charge is 2.07. The lowest BCUT2D eigenvalue weighted by Gasteiger charge is -2.04. The summed E-state index contributed by atoms with van der Waals surface area (Å²) in [6, 6.07) is 4.44. The normalized spacial score (nSPS) is 10.6. The third kappa shape index (κ3) is 2.30. The second-order valence-electron chi connectivity index (χ2n) is 2.16. The van der Waals surface area contributed by atoms with E-state index in [2.05, 4.69) is 0 Å². The summed E-state index contributed by atoms with van der Waals surface area (Å²) in [5.41, 5.74) is 0.933. The lowest BCUT2D eigenvalue weighted by Crippen LogP contribution is -2.00. The summed E-state index contributed by atoms with van der Waals surface area (Å²) in [7, 11) is 0. The summed E-state index contributed by atoms with van der Waals surface area (Å²) < 4.78 is 12.6. The fourth-order valence-electron chi connectivity index (χ4n) is 0.765. The van der Waals surface area contributed by atoms with E-state index in [4.69, 9.17) is 22.5 Å². The van der Waals surface area contributed by atoms with Crippen LogP contribution >= 0.6 is 29.1 Å². The van der Waals surface area contributed by atoms with Crippen LogP contribution in [0.5, 0.6) is 0 Å². The van der Waals surface area contributed by atoms with Crippen molar-refractivity contribution in [2.75, 3.05) is 0 Å². The second kappa shape index (κ2) is 3.71. The van der Waals surface area contributed by atoms with E-state index in [1.807, 2.05) is 6.92 Å². The number of halogens is 3. The van der Waals surface area contributed by atoms with Crippen molar-refractivity contribution in [2.24, 2.45) is 0 Å². The molecular weight excluding hydrogens is 205 g/mol. The first-order valence-electron chi connectivity index (χ1n) is 2.99. The van der Waals surface area contributed by atoms with Gasteiger partial charge in [-0.25, -0.2) is 4.39 Å². The van der Waals surface area contributed by atoms with E-state index in [0.29, 0.717) is 5.30 Å². The third-order valence-electron chi connectivity index (χ3n) is 1.35. The number of aryl methyl sites for hydroxylation is 1. The van der Waals surface area contributed by atoms with Crippen LogP contribution < -0.4 is 5.30 Å². The molecule has 0 radical (unpaired) electrons. The lowest BCUT2D eigenvalue weighted by molar-refractivity contribution is 0.628. The largest absolute Gasteiger partial charge is 0.207 e. The second-order valence-corrected chi connectivity index (χ2v) is 5.66. The van der Waals surface area contributed by atoms with Gasteiger partial charge in [0.1, 0.15) is 12.4 Å². The summed E-state index contributed by atoms with van der Waals surface area (Å²) in [4.78, 5) is 0.